The number of carbonyl (C=O) groups excluding carboxylic acids is 1. The fourth-order valence-corrected chi connectivity index (χ4v) is 5.73. The molecule has 5 heterocycles. The highest BCUT2D eigenvalue weighted by Gasteiger charge is 2.42. The Kier molecular flexibility index (Phi) is 6.65. The maximum atomic E-state index is 14.5. The summed E-state index contributed by atoms with van der Waals surface area (Å²) in [7, 11) is 5.43. The second kappa shape index (κ2) is 10.3. The van der Waals surface area contributed by atoms with Gasteiger partial charge in [0.25, 0.3) is 5.88 Å². The van der Waals surface area contributed by atoms with E-state index >= 15 is 0 Å². The number of anilines is 3. The number of benzene rings is 1. The van der Waals surface area contributed by atoms with Crippen molar-refractivity contribution >= 4 is 34.1 Å². The number of ether oxygens (including phenoxy) is 1. The lowest BCUT2D eigenvalue weighted by atomic mass is 10.1. The Balaban J connectivity index is 1.24. The maximum absolute atomic E-state index is 14.5. The number of carbonyl (C=O) groups is 1. The highest BCUT2D eigenvalue weighted by Crippen LogP contribution is 2.34. The number of nitrogens with zero attached hydrogens (tertiary/aromatic N) is 6. The van der Waals surface area contributed by atoms with Gasteiger partial charge in [0.2, 0.25) is 11.9 Å². The highest BCUT2D eigenvalue weighted by atomic mass is 19.1. The molecule has 0 radical (unpaired) electrons. The summed E-state index contributed by atoms with van der Waals surface area (Å²) >= 11 is 0. The summed E-state index contributed by atoms with van der Waals surface area (Å²) in [6, 6.07) is 7.28. The van der Waals surface area contributed by atoms with Gasteiger partial charge < -0.3 is 25.3 Å². The van der Waals surface area contributed by atoms with Crippen LogP contribution in [0.15, 0.2) is 42.9 Å². The molecule has 2 aliphatic heterocycles. The molecule has 2 aliphatic rings. The summed E-state index contributed by atoms with van der Waals surface area (Å²) < 4.78 is 21.4. The first kappa shape index (κ1) is 25.3. The van der Waals surface area contributed by atoms with Gasteiger partial charge in [0.05, 0.1) is 36.2 Å². The Morgan fingerprint density at radius 3 is 2.87 bits per heavy atom. The monoisotopic (exact) mass is 533 g/mol. The smallest absolute Gasteiger partial charge is 0.256 e. The Bertz CT molecular complexity index is 1500. The summed E-state index contributed by atoms with van der Waals surface area (Å²) in [4.78, 5) is 30.0. The summed E-state index contributed by atoms with van der Waals surface area (Å²) in [6.07, 6.45) is 5.51. The Labute approximate surface area is 225 Å². The molecule has 2 fully saturated rings. The largest absolute Gasteiger partial charge is 0.478 e. The number of nitrogens with one attached hydrogen (secondary N) is 3. The molecule has 204 valence electrons. The molecule has 1 amide bonds. The molecule has 1 aromatic carbocycles. The van der Waals surface area contributed by atoms with Crippen LogP contribution in [0.5, 0.6) is 5.88 Å². The molecule has 0 spiro atoms. The van der Waals surface area contributed by atoms with Crippen molar-refractivity contribution in [2.45, 2.75) is 31.1 Å². The Hall–Kier alpha value is -4.03. The number of fused-ring (bicyclic) bond motifs is 1. The van der Waals surface area contributed by atoms with E-state index in [-0.39, 0.29) is 18.4 Å². The number of methoxy groups -OCH3 is 1. The van der Waals surface area contributed by atoms with Crippen LogP contribution in [-0.4, -0.2) is 92.5 Å². The van der Waals surface area contributed by atoms with Gasteiger partial charge in [0, 0.05) is 55.9 Å². The SMILES string of the molecule is COc1nn(C)cc1Nc1nccc(-c2c[nH]c3c(NC(=O)[C@H]4C[C@H](F)CN4[C@H]4CCN(C)C4)cccc23)n1. The van der Waals surface area contributed by atoms with E-state index in [1.165, 1.54) is 0 Å². The first-order valence-corrected chi connectivity index (χ1v) is 13.1. The van der Waals surface area contributed by atoms with E-state index in [1.54, 1.807) is 31.2 Å². The fraction of sp³-hybridized carbons (Fsp3) is 0.407. The maximum Gasteiger partial charge on any atom is 0.256 e. The van der Waals surface area contributed by atoms with Crippen molar-refractivity contribution in [3.8, 4) is 17.1 Å². The average Bonchev–Trinajstić information content (AvgIpc) is 3.70. The molecular formula is C27H32FN9O2. The molecule has 6 rings (SSSR count). The number of aryl methyl sites for hydroxylation is 1. The van der Waals surface area contributed by atoms with Crippen LogP contribution in [0.2, 0.25) is 0 Å². The van der Waals surface area contributed by atoms with Gasteiger partial charge >= 0.3 is 0 Å². The summed E-state index contributed by atoms with van der Waals surface area (Å²) in [5.74, 6) is 0.670. The van der Waals surface area contributed by atoms with Crippen LogP contribution >= 0.6 is 0 Å². The number of alkyl halides is 1. The molecule has 4 aromatic rings. The summed E-state index contributed by atoms with van der Waals surface area (Å²) in [6.45, 7) is 2.13. The number of likely N-dealkylation sites (tertiary alicyclic amines) is 2. The minimum absolute atomic E-state index is 0.174. The van der Waals surface area contributed by atoms with E-state index in [9.17, 15) is 9.18 Å². The molecule has 11 nitrogen and oxygen atoms in total. The lowest BCUT2D eigenvalue weighted by Crippen LogP contribution is -2.46. The van der Waals surface area contributed by atoms with Gasteiger partial charge in [0.15, 0.2) is 0 Å². The van der Waals surface area contributed by atoms with E-state index in [1.807, 2.05) is 30.5 Å². The second-order valence-electron chi connectivity index (χ2n) is 10.3. The van der Waals surface area contributed by atoms with Crippen LogP contribution in [0.4, 0.5) is 21.7 Å². The number of amides is 1. The van der Waals surface area contributed by atoms with Crippen LogP contribution in [0.1, 0.15) is 12.8 Å². The quantitative estimate of drug-likeness (QED) is 0.332. The normalized spacial score (nSPS) is 22.0. The van der Waals surface area contributed by atoms with E-state index in [0.717, 1.165) is 36.0 Å². The van der Waals surface area contributed by atoms with Crippen LogP contribution in [0, 0.1) is 0 Å². The Morgan fingerprint density at radius 2 is 2.08 bits per heavy atom. The number of aromatic amines is 1. The van der Waals surface area contributed by atoms with Crippen LogP contribution in [0.3, 0.4) is 0 Å². The molecule has 2 saturated heterocycles. The number of halogens is 1. The van der Waals surface area contributed by atoms with Gasteiger partial charge in [-0.05, 0) is 32.1 Å². The molecule has 3 N–H and O–H groups in total. The van der Waals surface area contributed by atoms with Crippen molar-refractivity contribution in [1.82, 2.24) is 34.5 Å². The van der Waals surface area contributed by atoms with E-state index in [0.29, 0.717) is 35.4 Å². The zero-order chi connectivity index (χ0) is 27.1. The van der Waals surface area contributed by atoms with Crippen molar-refractivity contribution in [3.63, 3.8) is 0 Å². The van der Waals surface area contributed by atoms with E-state index in [2.05, 4.69) is 42.5 Å². The van der Waals surface area contributed by atoms with Gasteiger partial charge in [-0.25, -0.2) is 14.4 Å². The van der Waals surface area contributed by atoms with Gasteiger partial charge in [-0.3, -0.25) is 14.4 Å². The number of hydrogen-bond donors (Lipinski definition) is 3. The number of likely N-dealkylation sites (N-methyl/N-ethyl adjacent to an activating group) is 1. The molecule has 0 saturated carbocycles. The van der Waals surface area contributed by atoms with Crippen LogP contribution in [0.25, 0.3) is 22.2 Å². The number of aromatic nitrogens is 5. The lowest BCUT2D eigenvalue weighted by Gasteiger charge is -2.29. The van der Waals surface area contributed by atoms with E-state index in [4.69, 9.17) is 9.72 Å². The zero-order valence-electron chi connectivity index (χ0n) is 22.2. The summed E-state index contributed by atoms with van der Waals surface area (Å²) in [5, 5.41) is 11.4. The van der Waals surface area contributed by atoms with Gasteiger partial charge in [-0.1, -0.05) is 12.1 Å². The summed E-state index contributed by atoms with van der Waals surface area (Å²) in [5.41, 5.74) is 3.66. The third kappa shape index (κ3) is 4.92. The Morgan fingerprint density at radius 1 is 1.21 bits per heavy atom. The van der Waals surface area contributed by atoms with Crippen molar-refractivity contribution in [1.29, 1.82) is 0 Å². The highest BCUT2D eigenvalue weighted by molar-refractivity contribution is 6.06. The van der Waals surface area contributed by atoms with Gasteiger partial charge in [0.1, 0.15) is 11.9 Å². The standard InChI is InChI=1S/C27H32FN9O2/c1-35-10-8-17(14-35)37-13-16(28)11-23(37)25(38)31-21-6-4-5-18-19(12-30-24(18)21)20-7-9-29-27(32-20)33-22-15-36(2)34-26(22)39-3/h4-7,9,12,15-17,23,30H,8,10-11,13-14H2,1-3H3,(H,31,38)(H,29,32,33)/t16-,17-,23+/m0/s1. The van der Waals surface area contributed by atoms with Crippen molar-refractivity contribution in [2.24, 2.45) is 7.05 Å². The minimum Gasteiger partial charge on any atom is -0.478 e. The van der Waals surface area contributed by atoms with Crippen molar-refractivity contribution in [2.75, 3.05) is 44.4 Å². The molecular weight excluding hydrogens is 501 g/mol. The fourth-order valence-electron chi connectivity index (χ4n) is 5.73. The first-order chi connectivity index (χ1) is 18.9. The minimum atomic E-state index is -0.994. The third-order valence-corrected chi connectivity index (χ3v) is 7.57. The van der Waals surface area contributed by atoms with Crippen LogP contribution in [-0.2, 0) is 11.8 Å². The molecule has 3 atom stereocenters. The van der Waals surface area contributed by atoms with E-state index < -0.39 is 12.2 Å². The first-order valence-electron chi connectivity index (χ1n) is 13.1. The molecule has 0 bridgehead atoms. The third-order valence-electron chi connectivity index (χ3n) is 7.57. The predicted octanol–water partition coefficient (Wildman–Crippen LogP) is 3.17. The molecule has 0 aliphatic carbocycles. The van der Waals surface area contributed by atoms with Gasteiger partial charge in [-0.15, -0.1) is 5.10 Å². The van der Waals surface area contributed by atoms with Crippen molar-refractivity contribution < 1.29 is 13.9 Å². The molecule has 39 heavy (non-hydrogen) atoms. The average molecular weight is 534 g/mol. The number of rotatable bonds is 7. The number of para-hydroxylation sites is 1. The topological polar surface area (TPSA) is 116 Å². The van der Waals surface area contributed by atoms with Gasteiger partial charge in [-0.2, -0.15) is 0 Å². The van der Waals surface area contributed by atoms with Crippen LogP contribution < -0.4 is 15.4 Å². The zero-order valence-corrected chi connectivity index (χ0v) is 22.2. The predicted molar refractivity (Wildman–Crippen MR) is 147 cm³/mol. The lowest BCUT2D eigenvalue weighted by molar-refractivity contribution is -0.121. The second-order valence-corrected chi connectivity index (χ2v) is 10.3. The molecule has 3 aromatic heterocycles. The molecule has 0 unspecified atom stereocenters. The number of H-pyrrole nitrogens is 1. The van der Waals surface area contributed by atoms with Crippen molar-refractivity contribution in [3.05, 3.63) is 42.9 Å². The molecule has 12 heteroatoms. The number of hydrogen-bond acceptors (Lipinski definition) is 8.